The van der Waals surface area contributed by atoms with Gasteiger partial charge in [-0.3, -0.25) is 4.79 Å². The molecule has 0 saturated carbocycles. The first-order valence-corrected chi connectivity index (χ1v) is 5.93. The molecule has 0 fully saturated rings. The van der Waals surface area contributed by atoms with Gasteiger partial charge in [-0.2, -0.15) is 0 Å². The molecule has 17 heavy (non-hydrogen) atoms. The molecule has 3 heteroatoms. The van der Waals surface area contributed by atoms with Crippen LogP contribution in [-0.2, 0) is 4.79 Å². The number of rotatable bonds is 6. The van der Waals surface area contributed by atoms with E-state index in [1.54, 1.807) is 6.92 Å². The van der Waals surface area contributed by atoms with Crippen molar-refractivity contribution in [2.75, 3.05) is 6.61 Å². The van der Waals surface area contributed by atoms with Crippen molar-refractivity contribution in [2.45, 2.75) is 27.2 Å². The lowest BCUT2D eigenvalue weighted by atomic mass is 9.93. The first-order valence-electron chi connectivity index (χ1n) is 5.93. The highest BCUT2D eigenvalue weighted by molar-refractivity contribution is 5.69. The average molecular weight is 236 g/mol. The standard InChI is InChI=1S/C14H20O3/c1-10-4-6-13(7-5-10)17-9-8-11(2)12(3)14(15)16/h4-7,11-12H,8-9H2,1-3H3,(H,15,16). The number of ether oxygens (including phenoxy) is 1. The van der Waals surface area contributed by atoms with Crippen LogP contribution in [0.15, 0.2) is 24.3 Å². The van der Waals surface area contributed by atoms with Crippen LogP contribution in [-0.4, -0.2) is 17.7 Å². The second-order valence-corrected chi connectivity index (χ2v) is 4.55. The molecule has 0 amide bonds. The molecule has 2 atom stereocenters. The van der Waals surface area contributed by atoms with Gasteiger partial charge in [-0.25, -0.2) is 0 Å². The van der Waals surface area contributed by atoms with Crippen LogP contribution in [0.4, 0.5) is 0 Å². The van der Waals surface area contributed by atoms with E-state index in [2.05, 4.69) is 0 Å². The number of carbonyl (C=O) groups is 1. The van der Waals surface area contributed by atoms with Crippen molar-refractivity contribution in [1.29, 1.82) is 0 Å². The highest BCUT2D eigenvalue weighted by atomic mass is 16.5. The summed E-state index contributed by atoms with van der Waals surface area (Å²) in [6.45, 7) is 6.26. The lowest BCUT2D eigenvalue weighted by Crippen LogP contribution is -2.20. The first kappa shape index (κ1) is 13.6. The molecule has 0 bridgehead atoms. The number of aliphatic carboxylic acids is 1. The fraction of sp³-hybridized carbons (Fsp3) is 0.500. The fourth-order valence-corrected chi connectivity index (χ4v) is 1.49. The molecule has 0 aliphatic carbocycles. The third kappa shape index (κ3) is 4.47. The molecule has 0 heterocycles. The monoisotopic (exact) mass is 236 g/mol. The highest BCUT2D eigenvalue weighted by Gasteiger charge is 2.18. The van der Waals surface area contributed by atoms with E-state index in [9.17, 15) is 4.79 Å². The van der Waals surface area contributed by atoms with Crippen LogP contribution in [0.1, 0.15) is 25.8 Å². The van der Waals surface area contributed by atoms with E-state index in [-0.39, 0.29) is 11.8 Å². The summed E-state index contributed by atoms with van der Waals surface area (Å²) in [6, 6.07) is 7.86. The highest BCUT2D eigenvalue weighted by Crippen LogP contribution is 2.17. The summed E-state index contributed by atoms with van der Waals surface area (Å²) in [6.07, 6.45) is 0.751. The Hall–Kier alpha value is -1.51. The molecule has 0 spiro atoms. The second-order valence-electron chi connectivity index (χ2n) is 4.55. The predicted molar refractivity (Wildman–Crippen MR) is 67.3 cm³/mol. The number of benzene rings is 1. The van der Waals surface area contributed by atoms with Crippen LogP contribution in [0, 0.1) is 18.8 Å². The predicted octanol–water partition coefficient (Wildman–Crippen LogP) is 3.12. The normalized spacial score (nSPS) is 14.1. The number of carboxylic acid groups (broad SMARTS) is 1. The van der Waals surface area contributed by atoms with E-state index in [0.717, 1.165) is 12.2 Å². The van der Waals surface area contributed by atoms with Gasteiger partial charge in [0.05, 0.1) is 12.5 Å². The van der Waals surface area contributed by atoms with Gasteiger partial charge in [0.2, 0.25) is 0 Å². The molecule has 94 valence electrons. The number of aryl methyl sites for hydroxylation is 1. The lowest BCUT2D eigenvalue weighted by molar-refractivity contribution is -0.142. The molecule has 1 aromatic carbocycles. The van der Waals surface area contributed by atoms with Crippen molar-refractivity contribution in [2.24, 2.45) is 11.8 Å². The van der Waals surface area contributed by atoms with E-state index in [1.807, 2.05) is 38.1 Å². The zero-order valence-electron chi connectivity index (χ0n) is 10.6. The van der Waals surface area contributed by atoms with Crippen molar-refractivity contribution in [1.82, 2.24) is 0 Å². The van der Waals surface area contributed by atoms with Gasteiger partial charge in [0.25, 0.3) is 0 Å². The van der Waals surface area contributed by atoms with Crippen molar-refractivity contribution in [3.8, 4) is 5.75 Å². The number of hydrogen-bond acceptors (Lipinski definition) is 2. The second kappa shape index (κ2) is 6.28. The Kier molecular flexibility index (Phi) is 5.01. The summed E-state index contributed by atoms with van der Waals surface area (Å²) in [5, 5.41) is 8.86. The Morgan fingerprint density at radius 1 is 1.29 bits per heavy atom. The number of carboxylic acids is 1. The molecule has 2 unspecified atom stereocenters. The molecule has 0 aromatic heterocycles. The van der Waals surface area contributed by atoms with Crippen LogP contribution < -0.4 is 4.74 Å². The Balaban J connectivity index is 2.32. The summed E-state index contributed by atoms with van der Waals surface area (Å²) in [5.41, 5.74) is 1.20. The van der Waals surface area contributed by atoms with E-state index < -0.39 is 5.97 Å². The van der Waals surface area contributed by atoms with Crippen LogP contribution in [0.3, 0.4) is 0 Å². The van der Waals surface area contributed by atoms with Gasteiger partial charge >= 0.3 is 5.97 Å². The minimum atomic E-state index is -0.743. The maximum Gasteiger partial charge on any atom is 0.306 e. The van der Waals surface area contributed by atoms with Crippen LogP contribution in [0.2, 0.25) is 0 Å². The van der Waals surface area contributed by atoms with Gasteiger partial charge in [-0.15, -0.1) is 0 Å². The maximum atomic E-state index is 10.8. The Labute approximate surface area is 102 Å². The molecular formula is C14H20O3. The molecular weight excluding hydrogens is 216 g/mol. The Morgan fingerprint density at radius 3 is 2.41 bits per heavy atom. The molecule has 1 rings (SSSR count). The first-order chi connectivity index (χ1) is 8.00. The molecule has 1 N–H and O–H groups in total. The quantitative estimate of drug-likeness (QED) is 0.825. The van der Waals surface area contributed by atoms with Crippen molar-refractivity contribution in [3.63, 3.8) is 0 Å². The van der Waals surface area contributed by atoms with E-state index >= 15 is 0 Å². The Bertz CT molecular complexity index is 356. The minimum absolute atomic E-state index is 0.123. The zero-order valence-corrected chi connectivity index (χ0v) is 10.6. The molecule has 3 nitrogen and oxygen atoms in total. The topological polar surface area (TPSA) is 46.5 Å². The summed E-state index contributed by atoms with van der Waals surface area (Å²) < 4.78 is 5.57. The van der Waals surface area contributed by atoms with Gasteiger partial charge in [0, 0.05) is 0 Å². The third-order valence-corrected chi connectivity index (χ3v) is 3.11. The van der Waals surface area contributed by atoms with Gasteiger partial charge in [0.1, 0.15) is 5.75 Å². The lowest BCUT2D eigenvalue weighted by Gasteiger charge is -2.16. The van der Waals surface area contributed by atoms with Gasteiger partial charge < -0.3 is 9.84 Å². The van der Waals surface area contributed by atoms with E-state index in [1.165, 1.54) is 5.56 Å². The molecule has 0 saturated heterocycles. The van der Waals surface area contributed by atoms with Crippen molar-refractivity contribution < 1.29 is 14.6 Å². The van der Waals surface area contributed by atoms with E-state index in [4.69, 9.17) is 9.84 Å². The van der Waals surface area contributed by atoms with Gasteiger partial charge in [0.15, 0.2) is 0 Å². The van der Waals surface area contributed by atoms with Crippen LogP contribution >= 0.6 is 0 Å². The summed E-state index contributed by atoms with van der Waals surface area (Å²) >= 11 is 0. The average Bonchev–Trinajstić information content (AvgIpc) is 2.30. The van der Waals surface area contributed by atoms with Gasteiger partial charge in [-0.1, -0.05) is 31.5 Å². The van der Waals surface area contributed by atoms with Crippen LogP contribution in [0.5, 0.6) is 5.75 Å². The largest absolute Gasteiger partial charge is 0.494 e. The Morgan fingerprint density at radius 2 is 1.88 bits per heavy atom. The molecule has 0 radical (unpaired) electrons. The van der Waals surface area contributed by atoms with Gasteiger partial charge in [-0.05, 0) is 31.4 Å². The maximum absolute atomic E-state index is 10.8. The number of hydrogen-bond donors (Lipinski definition) is 1. The summed E-state index contributed by atoms with van der Waals surface area (Å²) in [7, 11) is 0. The smallest absolute Gasteiger partial charge is 0.306 e. The fourth-order valence-electron chi connectivity index (χ4n) is 1.49. The SMILES string of the molecule is Cc1ccc(OCCC(C)C(C)C(=O)O)cc1. The van der Waals surface area contributed by atoms with Crippen molar-refractivity contribution in [3.05, 3.63) is 29.8 Å². The third-order valence-electron chi connectivity index (χ3n) is 3.11. The minimum Gasteiger partial charge on any atom is -0.494 e. The summed E-state index contributed by atoms with van der Waals surface area (Å²) in [4.78, 5) is 10.8. The zero-order chi connectivity index (χ0) is 12.8. The van der Waals surface area contributed by atoms with Crippen LogP contribution in [0.25, 0.3) is 0 Å². The molecule has 0 aliphatic rings. The van der Waals surface area contributed by atoms with Crippen molar-refractivity contribution >= 4 is 5.97 Å². The molecule has 1 aromatic rings. The molecule has 0 aliphatic heterocycles. The summed E-state index contributed by atoms with van der Waals surface area (Å²) in [5.74, 6) is -0.104. The van der Waals surface area contributed by atoms with E-state index in [0.29, 0.717) is 6.61 Å².